The maximum absolute atomic E-state index is 12.2. The number of aliphatic hydroxyl groups is 1. The SMILES string of the molecule is CC1CC(C#N)(C(=O)N2CCC(C)(O)C2)C1. The van der Waals surface area contributed by atoms with E-state index in [4.69, 9.17) is 5.26 Å². The summed E-state index contributed by atoms with van der Waals surface area (Å²) in [5.74, 6) is 0.387. The molecule has 4 nitrogen and oxygen atoms in total. The lowest BCUT2D eigenvalue weighted by atomic mass is 9.63. The van der Waals surface area contributed by atoms with Gasteiger partial charge in [-0.25, -0.2) is 0 Å². The second kappa shape index (κ2) is 3.46. The molecule has 1 atom stereocenters. The normalized spacial score (nSPS) is 42.6. The highest BCUT2D eigenvalue weighted by molar-refractivity contribution is 5.87. The maximum atomic E-state index is 12.2. The minimum absolute atomic E-state index is 0.0779. The molecule has 0 aromatic heterocycles. The van der Waals surface area contributed by atoms with Crippen LogP contribution in [0.4, 0.5) is 0 Å². The predicted molar refractivity (Wildman–Crippen MR) is 58.3 cm³/mol. The van der Waals surface area contributed by atoms with E-state index < -0.39 is 11.0 Å². The number of carbonyl (C=O) groups is 1. The lowest BCUT2D eigenvalue weighted by molar-refractivity contribution is -0.145. The Bertz CT molecular complexity index is 351. The van der Waals surface area contributed by atoms with Gasteiger partial charge >= 0.3 is 0 Å². The van der Waals surface area contributed by atoms with E-state index in [2.05, 4.69) is 13.0 Å². The summed E-state index contributed by atoms with van der Waals surface area (Å²) in [6.07, 6.45) is 1.94. The first-order chi connectivity index (χ1) is 7.38. The van der Waals surface area contributed by atoms with E-state index in [9.17, 15) is 9.90 Å². The van der Waals surface area contributed by atoms with Gasteiger partial charge in [0.25, 0.3) is 0 Å². The van der Waals surface area contributed by atoms with Crippen LogP contribution in [0.2, 0.25) is 0 Å². The van der Waals surface area contributed by atoms with Gasteiger partial charge in [0.15, 0.2) is 0 Å². The Balaban J connectivity index is 2.07. The molecule has 0 aromatic rings. The Morgan fingerprint density at radius 1 is 1.56 bits per heavy atom. The standard InChI is InChI=1S/C12H18N2O2/c1-9-5-12(6-9,7-13)10(15)14-4-3-11(2,16)8-14/h9,16H,3-6,8H2,1-2H3. The van der Waals surface area contributed by atoms with Crippen LogP contribution in [0.25, 0.3) is 0 Å². The van der Waals surface area contributed by atoms with Crippen molar-refractivity contribution in [2.45, 2.75) is 38.7 Å². The van der Waals surface area contributed by atoms with Crippen molar-refractivity contribution >= 4 is 5.91 Å². The largest absolute Gasteiger partial charge is 0.388 e. The van der Waals surface area contributed by atoms with Crippen LogP contribution in [0.1, 0.15) is 33.1 Å². The molecule has 2 fully saturated rings. The first-order valence-electron chi connectivity index (χ1n) is 5.82. The highest BCUT2D eigenvalue weighted by Crippen LogP contribution is 2.46. The Morgan fingerprint density at radius 3 is 2.56 bits per heavy atom. The van der Waals surface area contributed by atoms with Crippen molar-refractivity contribution in [1.82, 2.24) is 4.90 Å². The lowest BCUT2D eigenvalue weighted by Crippen LogP contribution is -2.50. The Labute approximate surface area is 95.9 Å². The molecule has 4 heteroatoms. The first-order valence-corrected chi connectivity index (χ1v) is 5.82. The highest BCUT2D eigenvalue weighted by atomic mass is 16.3. The van der Waals surface area contributed by atoms with Gasteiger partial charge in [0.1, 0.15) is 5.41 Å². The second-order valence-corrected chi connectivity index (χ2v) is 5.68. The van der Waals surface area contributed by atoms with E-state index in [0.29, 0.717) is 38.3 Å². The van der Waals surface area contributed by atoms with Crippen molar-refractivity contribution < 1.29 is 9.90 Å². The van der Waals surface area contributed by atoms with Crippen LogP contribution in [0.15, 0.2) is 0 Å². The molecule has 1 heterocycles. The van der Waals surface area contributed by atoms with Gasteiger partial charge in [-0.05, 0) is 32.1 Å². The summed E-state index contributed by atoms with van der Waals surface area (Å²) in [4.78, 5) is 13.9. The number of hydrogen-bond donors (Lipinski definition) is 1. The fraction of sp³-hybridized carbons (Fsp3) is 0.833. The van der Waals surface area contributed by atoms with Crippen molar-refractivity contribution in [2.24, 2.45) is 11.3 Å². The molecule has 1 saturated heterocycles. The Morgan fingerprint density at radius 2 is 2.19 bits per heavy atom. The Hall–Kier alpha value is -1.08. The zero-order valence-corrected chi connectivity index (χ0v) is 9.86. The summed E-state index contributed by atoms with van der Waals surface area (Å²) >= 11 is 0. The average molecular weight is 222 g/mol. The number of rotatable bonds is 1. The zero-order valence-electron chi connectivity index (χ0n) is 9.86. The number of β-amino-alcohol motifs (C(OH)–C–C–N with tert-alkyl or cyclic N) is 1. The van der Waals surface area contributed by atoms with E-state index in [0.717, 1.165) is 0 Å². The van der Waals surface area contributed by atoms with Gasteiger partial charge in [-0.1, -0.05) is 6.92 Å². The van der Waals surface area contributed by atoms with Gasteiger partial charge in [-0.15, -0.1) is 0 Å². The molecule has 0 aromatic carbocycles. The fourth-order valence-corrected chi connectivity index (χ4v) is 2.86. The van der Waals surface area contributed by atoms with Gasteiger partial charge in [-0.2, -0.15) is 5.26 Å². The van der Waals surface area contributed by atoms with Crippen LogP contribution in [0.5, 0.6) is 0 Å². The summed E-state index contributed by atoms with van der Waals surface area (Å²) in [5, 5.41) is 19.0. The van der Waals surface area contributed by atoms with E-state index in [1.165, 1.54) is 0 Å². The van der Waals surface area contributed by atoms with E-state index in [-0.39, 0.29) is 5.91 Å². The lowest BCUT2D eigenvalue weighted by Gasteiger charge is -2.41. The summed E-state index contributed by atoms with van der Waals surface area (Å²) in [6.45, 7) is 4.74. The van der Waals surface area contributed by atoms with Gasteiger partial charge in [0.05, 0.1) is 11.7 Å². The first kappa shape index (κ1) is 11.4. The van der Waals surface area contributed by atoms with Crippen LogP contribution >= 0.6 is 0 Å². The zero-order chi connectivity index (χ0) is 12.0. The van der Waals surface area contributed by atoms with Crippen LogP contribution in [0, 0.1) is 22.7 Å². The molecular weight excluding hydrogens is 204 g/mol. The van der Waals surface area contributed by atoms with Crippen molar-refractivity contribution in [3.63, 3.8) is 0 Å². The second-order valence-electron chi connectivity index (χ2n) is 5.68. The van der Waals surface area contributed by atoms with Crippen LogP contribution < -0.4 is 0 Å². The molecule has 0 bridgehead atoms. The third-order valence-electron chi connectivity index (χ3n) is 3.76. The van der Waals surface area contributed by atoms with E-state index in [1.54, 1.807) is 11.8 Å². The molecule has 1 aliphatic carbocycles. The summed E-state index contributed by atoms with van der Waals surface area (Å²) < 4.78 is 0. The van der Waals surface area contributed by atoms with Crippen LogP contribution in [0.3, 0.4) is 0 Å². The molecular formula is C12H18N2O2. The molecule has 88 valence electrons. The van der Waals surface area contributed by atoms with Crippen LogP contribution in [-0.2, 0) is 4.79 Å². The topological polar surface area (TPSA) is 64.3 Å². The van der Waals surface area contributed by atoms with E-state index >= 15 is 0 Å². The molecule has 2 aliphatic rings. The molecule has 1 N–H and O–H groups in total. The third-order valence-corrected chi connectivity index (χ3v) is 3.76. The summed E-state index contributed by atoms with van der Waals surface area (Å²) in [5.41, 5.74) is -1.57. The summed E-state index contributed by atoms with van der Waals surface area (Å²) in [7, 11) is 0. The van der Waals surface area contributed by atoms with E-state index in [1.807, 2.05) is 0 Å². The van der Waals surface area contributed by atoms with Gasteiger partial charge < -0.3 is 10.0 Å². The van der Waals surface area contributed by atoms with Gasteiger partial charge in [0.2, 0.25) is 5.91 Å². The maximum Gasteiger partial charge on any atom is 0.243 e. The average Bonchev–Trinajstić information content (AvgIpc) is 2.52. The molecule has 2 rings (SSSR count). The minimum atomic E-state index is -0.792. The third kappa shape index (κ3) is 1.69. The molecule has 1 unspecified atom stereocenters. The molecule has 0 radical (unpaired) electrons. The number of amides is 1. The van der Waals surface area contributed by atoms with Crippen molar-refractivity contribution in [3.8, 4) is 6.07 Å². The molecule has 16 heavy (non-hydrogen) atoms. The molecule has 1 amide bonds. The fourth-order valence-electron chi connectivity index (χ4n) is 2.86. The van der Waals surface area contributed by atoms with Crippen LogP contribution in [-0.4, -0.2) is 34.6 Å². The number of nitrogens with zero attached hydrogens (tertiary/aromatic N) is 2. The number of hydrogen-bond acceptors (Lipinski definition) is 3. The minimum Gasteiger partial charge on any atom is -0.388 e. The highest BCUT2D eigenvalue weighted by Gasteiger charge is 2.52. The van der Waals surface area contributed by atoms with Crippen molar-refractivity contribution in [2.75, 3.05) is 13.1 Å². The summed E-state index contributed by atoms with van der Waals surface area (Å²) in [6, 6.07) is 2.18. The molecule has 1 aliphatic heterocycles. The van der Waals surface area contributed by atoms with Gasteiger partial charge in [0, 0.05) is 13.1 Å². The quantitative estimate of drug-likeness (QED) is 0.717. The number of carbonyl (C=O) groups excluding carboxylic acids is 1. The predicted octanol–water partition coefficient (Wildman–Crippen LogP) is 0.910. The number of nitriles is 1. The Kier molecular flexibility index (Phi) is 2.47. The van der Waals surface area contributed by atoms with Crippen molar-refractivity contribution in [3.05, 3.63) is 0 Å². The number of likely N-dealkylation sites (tertiary alicyclic amines) is 1. The smallest absolute Gasteiger partial charge is 0.243 e. The molecule has 0 spiro atoms. The molecule has 1 saturated carbocycles. The monoisotopic (exact) mass is 222 g/mol. The van der Waals surface area contributed by atoms with Crippen molar-refractivity contribution in [1.29, 1.82) is 5.26 Å². The van der Waals surface area contributed by atoms with Gasteiger partial charge in [-0.3, -0.25) is 4.79 Å².